The van der Waals surface area contributed by atoms with Crippen LogP contribution in [0.25, 0.3) is 0 Å². The van der Waals surface area contributed by atoms with Crippen LogP contribution in [0.15, 0.2) is 22.7 Å². The Labute approximate surface area is 103 Å². The molecule has 1 aliphatic heterocycles. The first-order valence-corrected chi connectivity index (χ1v) is 7.18. The van der Waals surface area contributed by atoms with Crippen molar-refractivity contribution in [2.24, 2.45) is 0 Å². The van der Waals surface area contributed by atoms with E-state index < -0.39 is 0 Å². The lowest BCUT2D eigenvalue weighted by atomic mass is 10.1. The number of hydrogen-bond acceptors (Lipinski definition) is 2. The Kier molecular flexibility index (Phi) is 2.38. The van der Waals surface area contributed by atoms with Gasteiger partial charge >= 0.3 is 0 Å². The Hall–Kier alpha value is 0.01000. The van der Waals surface area contributed by atoms with E-state index in [4.69, 9.17) is 0 Å². The first-order chi connectivity index (χ1) is 7.20. The highest BCUT2D eigenvalue weighted by Gasteiger charge is 2.43. The van der Waals surface area contributed by atoms with Crippen LogP contribution in [0.2, 0.25) is 0 Å². The molecule has 3 rings (SSSR count). The average molecular weight is 284 g/mol. The Morgan fingerprint density at radius 2 is 2.40 bits per heavy atom. The minimum absolute atomic E-state index is 0.232. The zero-order valence-corrected chi connectivity index (χ0v) is 11.1. The third-order valence-corrected chi connectivity index (χ3v) is 5.50. The molecule has 1 fully saturated rings. The molecule has 0 bridgehead atoms. The highest BCUT2D eigenvalue weighted by molar-refractivity contribution is 9.10. The first-order valence-electron chi connectivity index (χ1n) is 5.40. The topological polar surface area (TPSA) is 12.0 Å². The van der Waals surface area contributed by atoms with Crippen molar-refractivity contribution in [1.82, 2.24) is 5.32 Å². The highest BCUT2D eigenvalue weighted by atomic mass is 79.9. The molecule has 1 aromatic rings. The van der Waals surface area contributed by atoms with Crippen molar-refractivity contribution < 1.29 is 0 Å². The Bertz CT molecular complexity index is 407. The third kappa shape index (κ3) is 1.56. The lowest BCUT2D eigenvalue weighted by Gasteiger charge is -2.25. The van der Waals surface area contributed by atoms with Crippen molar-refractivity contribution in [2.45, 2.75) is 30.7 Å². The number of fused-ring (bicyclic) bond motifs is 2. The summed E-state index contributed by atoms with van der Waals surface area (Å²) in [5.41, 5.74) is 3.03. The van der Waals surface area contributed by atoms with E-state index in [1.54, 1.807) is 0 Å². The second kappa shape index (κ2) is 3.51. The summed E-state index contributed by atoms with van der Waals surface area (Å²) in [7, 11) is 0. The first kappa shape index (κ1) is 10.2. The maximum atomic E-state index is 3.75. The quantitative estimate of drug-likeness (QED) is 0.784. The zero-order valence-electron chi connectivity index (χ0n) is 8.72. The van der Waals surface area contributed by atoms with Crippen LogP contribution in [0.4, 0.5) is 0 Å². The van der Waals surface area contributed by atoms with Crippen LogP contribution in [0.1, 0.15) is 24.5 Å². The Morgan fingerprint density at radius 1 is 1.53 bits per heavy atom. The normalized spacial score (nSPS) is 33.6. The molecule has 15 heavy (non-hydrogen) atoms. The molecule has 1 aliphatic carbocycles. The molecule has 2 atom stereocenters. The molecular formula is C12H14BrNS. The third-order valence-electron chi connectivity index (χ3n) is 3.31. The van der Waals surface area contributed by atoms with Crippen molar-refractivity contribution in [3.05, 3.63) is 33.8 Å². The summed E-state index contributed by atoms with van der Waals surface area (Å²) in [4.78, 5) is 0.232. The summed E-state index contributed by atoms with van der Waals surface area (Å²) in [6.07, 6.45) is 2.45. The molecule has 1 N–H and O–H groups in total. The fraction of sp³-hybridized carbons (Fsp3) is 0.500. The van der Waals surface area contributed by atoms with Crippen molar-refractivity contribution in [2.75, 3.05) is 5.75 Å². The van der Waals surface area contributed by atoms with E-state index in [9.17, 15) is 0 Å². The summed E-state index contributed by atoms with van der Waals surface area (Å²) < 4.78 is 1.20. The van der Waals surface area contributed by atoms with Gasteiger partial charge in [-0.2, -0.15) is 0 Å². The van der Waals surface area contributed by atoms with Gasteiger partial charge in [0.25, 0.3) is 0 Å². The van der Waals surface area contributed by atoms with Gasteiger partial charge in [-0.15, -0.1) is 11.8 Å². The largest absolute Gasteiger partial charge is 0.296 e. The Balaban J connectivity index is 2.04. The van der Waals surface area contributed by atoms with Gasteiger partial charge in [-0.05, 0) is 43.0 Å². The Morgan fingerprint density at radius 3 is 3.13 bits per heavy atom. The highest BCUT2D eigenvalue weighted by Crippen LogP contribution is 2.49. The van der Waals surface area contributed by atoms with Crippen molar-refractivity contribution in [3.8, 4) is 0 Å². The van der Waals surface area contributed by atoms with Crippen LogP contribution in [-0.2, 0) is 11.3 Å². The molecule has 80 valence electrons. The summed E-state index contributed by atoms with van der Waals surface area (Å²) in [5, 5.41) is 3.75. The van der Waals surface area contributed by atoms with Gasteiger partial charge in [0, 0.05) is 16.3 Å². The molecule has 0 saturated carbocycles. The average Bonchev–Trinajstić information content (AvgIpc) is 2.73. The molecule has 3 heteroatoms. The standard InChI is InChI=1S/C12H14BrNS/c1-8-7-15-12(14-8)5-4-9-6-10(13)2-3-11(9)12/h2-3,6,8,14H,4-5,7H2,1H3. The molecule has 1 spiro atoms. The van der Waals surface area contributed by atoms with Crippen molar-refractivity contribution in [3.63, 3.8) is 0 Å². The van der Waals surface area contributed by atoms with Crippen molar-refractivity contribution in [1.29, 1.82) is 0 Å². The van der Waals surface area contributed by atoms with E-state index in [1.807, 2.05) is 0 Å². The van der Waals surface area contributed by atoms with E-state index >= 15 is 0 Å². The van der Waals surface area contributed by atoms with Gasteiger partial charge in [0.1, 0.15) is 0 Å². The maximum absolute atomic E-state index is 3.75. The number of benzene rings is 1. The molecule has 1 saturated heterocycles. The lowest BCUT2D eigenvalue weighted by molar-refractivity contribution is 0.465. The molecule has 1 aromatic carbocycles. The van der Waals surface area contributed by atoms with Gasteiger partial charge in [0.05, 0.1) is 4.87 Å². The van der Waals surface area contributed by atoms with E-state index in [-0.39, 0.29) is 4.87 Å². The minimum Gasteiger partial charge on any atom is -0.296 e. The summed E-state index contributed by atoms with van der Waals surface area (Å²) in [6, 6.07) is 7.36. The van der Waals surface area contributed by atoms with Gasteiger partial charge in [0.2, 0.25) is 0 Å². The fourth-order valence-electron chi connectivity index (χ4n) is 2.66. The van der Waals surface area contributed by atoms with E-state index in [0.717, 1.165) is 0 Å². The summed E-state index contributed by atoms with van der Waals surface area (Å²) >= 11 is 5.63. The molecule has 0 radical (unpaired) electrons. The second-order valence-electron chi connectivity index (χ2n) is 4.48. The molecule has 2 aliphatic rings. The van der Waals surface area contributed by atoms with E-state index in [2.05, 4.69) is 58.1 Å². The molecule has 1 nitrogen and oxygen atoms in total. The zero-order chi connectivity index (χ0) is 10.5. The molecular weight excluding hydrogens is 270 g/mol. The molecule has 1 heterocycles. The van der Waals surface area contributed by atoms with Crippen LogP contribution in [0.5, 0.6) is 0 Å². The lowest BCUT2D eigenvalue weighted by Crippen LogP contribution is -2.36. The SMILES string of the molecule is CC1CSC2(CCc3cc(Br)ccc32)N1. The van der Waals surface area contributed by atoms with E-state index in [1.165, 1.54) is 34.2 Å². The van der Waals surface area contributed by atoms with Crippen LogP contribution in [0.3, 0.4) is 0 Å². The number of halogens is 1. The predicted molar refractivity (Wildman–Crippen MR) is 69.2 cm³/mol. The summed E-state index contributed by atoms with van der Waals surface area (Å²) in [6.45, 7) is 2.28. The smallest absolute Gasteiger partial charge is 0.0910 e. The number of aryl methyl sites for hydroxylation is 1. The van der Waals surface area contributed by atoms with Gasteiger partial charge in [0.15, 0.2) is 0 Å². The van der Waals surface area contributed by atoms with Gasteiger partial charge in [-0.25, -0.2) is 0 Å². The van der Waals surface area contributed by atoms with Gasteiger partial charge < -0.3 is 0 Å². The van der Waals surface area contributed by atoms with Crippen LogP contribution >= 0.6 is 27.7 Å². The van der Waals surface area contributed by atoms with Crippen LogP contribution < -0.4 is 5.32 Å². The molecule has 2 unspecified atom stereocenters. The predicted octanol–water partition coefficient (Wildman–Crippen LogP) is 3.27. The maximum Gasteiger partial charge on any atom is 0.0910 e. The van der Waals surface area contributed by atoms with E-state index in [0.29, 0.717) is 6.04 Å². The number of thioether (sulfide) groups is 1. The van der Waals surface area contributed by atoms with Gasteiger partial charge in [-0.3, -0.25) is 5.32 Å². The minimum atomic E-state index is 0.232. The van der Waals surface area contributed by atoms with Crippen LogP contribution in [-0.4, -0.2) is 11.8 Å². The fourth-order valence-corrected chi connectivity index (χ4v) is 4.57. The molecule has 0 amide bonds. The monoisotopic (exact) mass is 283 g/mol. The number of rotatable bonds is 0. The van der Waals surface area contributed by atoms with Gasteiger partial charge in [-0.1, -0.05) is 22.0 Å². The molecule has 0 aromatic heterocycles. The second-order valence-corrected chi connectivity index (χ2v) is 6.72. The van der Waals surface area contributed by atoms with Crippen LogP contribution in [0, 0.1) is 0 Å². The number of hydrogen-bond donors (Lipinski definition) is 1. The van der Waals surface area contributed by atoms with Crippen molar-refractivity contribution >= 4 is 27.7 Å². The number of nitrogens with one attached hydrogen (secondary N) is 1. The summed E-state index contributed by atoms with van der Waals surface area (Å²) in [5.74, 6) is 1.23.